The Hall–Kier alpha value is -1.07. The van der Waals surface area contributed by atoms with Crippen LogP contribution in [0.1, 0.15) is 0 Å². The van der Waals surface area contributed by atoms with Gasteiger partial charge in [0.25, 0.3) is 0 Å². The molecule has 76 valence electrons. The van der Waals surface area contributed by atoms with Gasteiger partial charge < -0.3 is 19.3 Å². The number of rotatable bonds is 7. The molecule has 5 heteroatoms. The van der Waals surface area contributed by atoms with E-state index in [4.69, 9.17) is 14.6 Å². The van der Waals surface area contributed by atoms with Crippen LogP contribution in [0.5, 0.6) is 0 Å². The minimum Gasteiger partial charge on any atom is -0.485 e. The fourth-order valence-electron chi connectivity index (χ4n) is 0.526. The summed E-state index contributed by atoms with van der Waals surface area (Å²) in [7, 11) is 1.52. The second-order valence-corrected chi connectivity index (χ2v) is 2.12. The number of hydrogen-bond donors (Lipinski definition) is 1. The van der Waals surface area contributed by atoms with Crippen LogP contribution in [-0.2, 0) is 19.0 Å². The fraction of sp³-hybridized carbons (Fsp3) is 0.625. The quantitative estimate of drug-likeness (QED) is 0.258. The Morgan fingerprint density at radius 1 is 1.31 bits per heavy atom. The van der Waals surface area contributed by atoms with E-state index in [1.54, 1.807) is 0 Å². The molecule has 0 fully saturated rings. The fourth-order valence-corrected chi connectivity index (χ4v) is 0.526. The lowest BCUT2D eigenvalue weighted by atomic mass is 10.5. The van der Waals surface area contributed by atoms with Gasteiger partial charge in [-0.2, -0.15) is 0 Å². The van der Waals surface area contributed by atoms with Gasteiger partial charge in [0.2, 0.25) is 0 Å². The first kappa shape index (κ1) is 11.9. The maximum Gasteiger partial charge on any atom is 0.373 e. The lowest BCUT2D eigenvalue weighted by Gasteiger charge is -2.07. The molecule has 0 radical (unpaired) electrons. The van der Waals surface area contributed by atoms with Crippen molar-refractivity contribution >= 4 is 5.97 Å². The Kier molecular flexibility index (Phi) is 6.95. The molecule has 0 amide bonds. The van der Waals surface area contributed by atoms with Gasteiger partial charge in [0.05, 0.1) is 13.2 Å². The second-order valence-electron chi connectivity index (χ2n) is 2.12. The van der Waals surface area contributed by atoms with Crippen molar-refractivity contribution < 1.29 is 24.1 Å². The Morgan fingerprint density at radius 3 is 2.54 bits per heavy atom. The zero-order valence-corrected chi connectivity index (χ0v) is 7.62. The average Bonchev–Trinajstić information content (AvgIpc) is 2.14. The van der Waals surface area contributed by atoms with Crippen LogP contribution in [0.15, 0.2) is 12.3 Å². The van der Waals surface area contributed by atoms with E-state index in [0.717, 1.165) is 0 Å². The summed E-state index contributed by atoms with van der Waals surface area (Å²) in [5.41, 5.74) is 0. The van der Waals surface area contributed by atoms with Gasteiger partial charge in [-0.05, 0) is 6.58 Å². The first-order valence-corrected chi connectivity index (χ1v) is 3.81. The molecule has 0 aromatic heterocycles. The number of aliphatic hydroxyl groups is 1. The van der Waals surface area contributed by atoms with Gasteiger partial charge in [-0.15, -0.1) is 0 Å². The van der Waals surface area contributed by atoms with Crippen LogP contribution in [0.4, 0.5) is 0 Å². The first-order chi connectivity index (χ1) is 6.22. The average molecular weight is 190 g/mol. The molecule has 0 heterocycles. The highest BCUT2D eigenvalue weighted by molar-refractivity contribution is 5.85. The van der Waals surface area contributed by atoms with Gasteiger partial charge in [-0.1, -0.05) is 0 Å². The Balaban J connectivity index is 3.51. The molecule has 5 nitrogen and oxygen atoms in total. The van der Waals surface area contributed by atoms with Gasteiger partial charge in [0.15, 0.2) is 5.76 Å². The van der Waals surface area contributed by atoms with E-state index in [0.29, 0.717) is 6.61 Å². The van der Waals surface area contributed by atoms with E-state index in [1.165, 1.54) is 7.11 Å². The summed E-state index contributed by atoms with van der Waals surface area (Å²) >= 11 is 0. The largest absolute Gasteiger partial charge is 0.485 e. The van der Waals surface area contributed by atoms with Crippen LogP contribution in [0, 0.1) is 0 Å². The van der Waals surface area contributed by atoms with Crippen molar-refractivity contribution in [2.75, 3.05) is 33.5 Å². The summed E-state index contributed by atoms with van der Waals surface area (Å²) < 4.78 is 14.1. The Morgan fingerprint density at radius 2 is 2.00 bits per heavy atom. The monoisotopic (exact) mass is 190 g/mol. The predicted molar refractivity (Wildman–Crippen MR) is 45.0 cm³/mol. The van der Waals surface area contributed by atoms with Gasteiger partial charge >= 0.3 is 5.97 Å². The smallest absolute Gasteiger partial charge is 0.373 e. The summed E-state index contributed by atoms with van der Waals surface area (Å²) in [6.07, 6.45) is 0. The summed E-state index contributed by atoms with van der Waals surface area (Å²) in [6.45, 7) is 3.72. The van der Waals surface area contributed by atoms with Crippen LogP contribution in [0.25, 0.3) is 0 Å². The molecule has 0 bridgehead atoms. The van der Waals surface area contributed by atoms with Crippen molar-refractivity contribution in [2.45, 2.75) is 0 Å². The number of hydrogen-bond acceptors (Lipinski definition) is 5. The van der Waals surface area contributed by atoms with Crippen LogP contribution in [0.3, 0.4) is 0 Å². The van der Waals surface area contributed by atoms with Crippen LogP contribution >= 0.6 is 0 Å². The molecule has 13 heavy (non-hydrogen) atoms. The molecular formula is C8H14O5. The van der Waals surface area contributed by atoms with E-state index in [1.807, 2.05) is 0 Å². The van der Waals surface area contributed by atoms with E-state index >= 15 is 0 Å². The first-order valence-electron chi connectivity index (χ1n) is 3.81. The number of esters is 1. The third-order valence-electron chi connectivity index (χ3n) is 1.12. The molecule has 0 aromatic rings. The standard InChI is InChI=1S/C8H14O5/c1-7(12-6-5-11-2)8(10)13-4-3-9/h9H,1,3-6H2,2H3. The van der Waals surface area contributed by atoms with E-state index in [-0.39, 0.29) is 25.6 Å². The highest BCUT2D eigenvalue weighted by atomic mass is 16.6. The normalized spacial score (nSPS) is 9.38. The number of carbonyl (C=O) groups is 1. The molecular weight excluding hydrogens is 176 g/mol. The molecule has 0 aromatic carbocycles. The predicted octanol–water partition coefficient (Wildman–Crippen LogP) is -0.301. The minimum absolute atomic E-state index is 0.0501. The highest BCUT2D eigenvalue weighted by Gasteiger charge is 2.08. The molecule has 0 spiro atoms. The summed E-state index contributed by atoms with van der Waals surface area (Å²) in [5, 5.41) is 8.34. The van der Waals surface area contributed by atoms with Crippen molar-refractivity contribution in [3.05, 3.63) is 12.3 Å². The zero-order chi connectivity index (χ0) is 10.1. The SMILES string of the molecule is C=C(OCCOC)C(=O)OCCO. The van der Waals surface area contributed by atoms with Crippen LogP contribution in [-0.4, -0.2) is 44.6 Å². The van der Waals surface area contributed by atoms with Gasteiger partial charge in [-0.25, -0.2) is 4.79 Å². The molecule has 0 rings (SSSR count). The summed E-state index contributed by atoms with van der Waals surface area (Å²) in [5.74, 6) is -0.740. The van der Waals surface area contributed by atoms with Crippen molar-refractivity contribution in [1.82, 2.24) is 0 Å². The van der Waals surface area contributed by atoms with E-state index in [9.17, 15) is 4.79 Å². The van der Waals surface area contributed by atoms with Gasteiger partial charge in [-0.3, -0.25) is 0 Å². The topological polar surface area (TPSA) is 65.0 Å². The van der Waals surface area contributed by atoms with Crippen molar-refractivity contribution in [2.24, 2.45) is 0 Å². The number of methoxy groups -OCH3 is 1. The number of carbonyl (C=O) groups excluding carboxylic acids is 1. The Labute approximate surface area is 76.9 Å². The van der Waals surface area contributed by atoms with Crippen molar-refractivity contribution in [1.29, 1.82) is 0 Å². The molecule has 0 aliphatic rings. The Bertz CT molecular complexity index is 166. The van der Waals surface area contributed by atoms with Crippen molar-refractivity contribution in [3.8, 4) is 0 Å². The lowest BCUT2D eigenvalue weighted by molar-refractivity contribution is -0.144. The van der Waals surface area contributed by atoms with Gasteiger partial charge in [0, 0.05) is 7.11 Å². The summed E-state index contributed by atoms with van der Waals surface area (Å²) in [6, 6.07) is 0. The van der Waals surface area contributed by atoms with Crippen LogP contribution < -0.4 is 0 Å². The minimum atomic E-state index is -0.662. The van der Waals surface area contributed by atoms with E-state index in [2.05, 4.69) is 11.3 Å². The molecule has 0 unspecified atom stereocenters. The molecule has 0 aliphatic carbocycles. The van der Waals surface area contributed by atoms with Gasteiger partial charge in [0.1, 0.15) is 13.2 Å². The maximum atomic E-state index is 10.9. The third kappa shape index (κ3) is 6.12. The van der Waals surface area contributed by atoms with E-state index < -0.39 is 5.97 Å². The number of aliphatic hydroxyl groups excluding tert-OH is 1. The maximum absolute atomic E-state index is 10.9. The molecule has 0 saturated carbocycles. The molecule has 1 N–H and O–H groups in total. The molecule has 0 saturated heterocycles. The highest BCUT2D eigenvalue weighted by Crippen LogP contribution is 1.96. The lowest BCUT2D eigenvalue weighted by Crippen LogP contribution is -2.14. The second kappa shape index (κ2) is 7.57. The van der Waals surface area contributed by atoms with Crippen LogP contribution in [0.2, 0.25) is 0 Å². The summed E-state index contributed by atoms with van der Waals surface area (Å²) in [4.78, 5) is 10.9. The zero-order valence-electron chi connectivity index (χ0n) is 7.62. The molecule has 0 aliphatic heterocycles. The van der Waals surface area contributed by atoms with Crippen molar-refractivity contribution in [3.63, 3.8) is 0 Å². The molecule has 0 atom stereocenters. The third-order valence-corrected chi connectivity index (χ3v) is 1.12. The number of ether oxygens (including phenoxy) is 3.